The number of rotatable bonds is 10. The Morgan fingerprint density at radius 1 is 1.02 bits per heavy atom. The number of nitrogens with zero attached hydrogens (tertiary/aromatic N) is 1. The molecule has 0 unspecified atom stereocenters. The van der Waals surface area contributed by atoms with E-state index in [-0.39, 0.29) is 35.8 Å². The molecule has 2 aromatic rings. The standard InChI is InChI=1S/C36H53N3O4/c1-24-27(32(41)38-23-35(5,6)33(42)37-16-10-17-40)21-30(39(24)22-25-11-8-7-9-12-25)26-19-28(34(2,3)4)31-29(20-26)36(13-14-36)15-18-43-31/h19-21,25,40H,7-18,22-23H2,1-6H3,(H,37,42)(H,38,41). The molecule has 0 saturated heterocycles. The van der Waals surface area contributed by atoms with Crippen LogP contribution in [0.15, 0.2) is 18.2 Å². The van der Waals surface area contributed by atoms with E-state index in [0.717, 1.165) is 36.7 Å². The fraction of sp³-hybridized carbons (Fsp3) is 0.667. The van der Waals surface area contributed by atoms with Crippen LogP contribution in [0.3, 0.4) is 0 Å². The first kappa shape index (κ1) is 31.6. The summed E-state index contributed by atoms with van der Waals surface area (Å²) in [6.07, 6.45) is 10.3. The number of hydrogen-bond acceptors (Lipinski definition) is 4. The quantitative estimate of drug-likeness (QED) is 0.279. The van der Waals surface area contributed by atoms with Gasteiger partial charge in [-0.2, -0.15) is 0 Å². The van der Waals surface area contributed by atoms with Gasteiger partial charge in [0.25, 0.3) is 5.91 Å². The van der Waals surface area contributed by atoms with Crippen molar-refractivity contribution >= 4 is 11.8 Å². The number of amides is 2. The van der Waals surface area contributed by atoms with E-state index >= 15 is 0 Å². The summed E-state index contributed by atoms with van der Waals surface area (Å²) in [4.78, 5) is 26.5. The minimum atomic E-state index is -0.773. The molecule has 7 nitrogen and oxygen atoms in total. The average molecular weight is 592 g/mol. The zero-order valence-electron chi connectivity index (χ0n) is 27.3. The normalized spacial score (nSPS) is 18.2. The molecule has 2 fully saturated rings. The van der Waals surface area contributed by atoms with E-state index in [9.17, 15) is 9.59 Å². The summed E-state index contributed by atoms with van der Waals surface area (Å²) >= 11 is 0. The van der Waals surface area contributed by atoms with Gasteiger partial charge in [0.1, 0.15) is 5.75 Å². The van der Waals surface area contributed by atoms with Crippen LogP contribution in [0.4, 0.5) is 0 Å². The highest BCUT2D eigenvalue weighted by molar-refractivity contribution is 5.97. The Hall–Kier alpha value is -2.80. The second kappa shape index (κ2) is 12.3. The Morgan fingerprint density at radius 3 is 2.40 bits per heavy atom. The molecule has 5 rings (SSSR count). The molecule has 7 heteroatoms. The first-order valence-corrected chi connectivity index (χ1v) is 16.6. The number of nitrogens with one attached hydrogen (secondary N) is 2. The van der Waals surface area contributed by atoms with Gasteiger partial charge in [-0.3, -0.25) is 9.59 Å². The maximum absolute atomic E-state index is 13.7. The van der Waals surface area contributed by atoms with Gasteiger partial charge in [-0.15, -0.1) is 0 Å². The molecule has 0 radical (unpaired) electrons. The van der Waals surface area contributed by atoms with Gasteiger partial charge < -0.3 is 25.0 Å². The number of ether oxygens (including phenoxy) is 1. The van der Waals surface area contributed by atoms with E-state index in [1.165, 1.54) is 61.6 Å². The van der Waals surface area contributed by atoms with Crippen molar-refractivity contribution in [3.05, 3.63) is 40.6 Å². The van der Waals surface area contributed by atoms with Crippen LogP contribution in [0.1, 0.15) is 120 Å². The lowest BCUT2D eigenvalue weighted by molar-refractivity contribution is -0.129. The van der Waals surface area contributed by atoms with E-state index in [2.05, 4.69) is 61.1 Å². The zero-order chi connectivity index (χ0) is 31.0. The summed E-state index contributed by atoms with van der Waals surface area (Å²) in [5.74, 6) is 1.41. The average Bonchev–Trinajstić information content (AvgIpc) is 3.67. The summed E-state index contributed by atoms with van der Waals surface area (Å²) < 4.78 is 8.76. The predicted octanol–water partition coefficient (Wildman–Crippen LogP) is 6.41. The highest BCUT2D eigenvalue weighted by atomic mass is 16.5. The molecule has 236 valence electrons. The van der Waals surface area contributed by atoms with Gasteiger partial charge in [-0.1, -0.05) is 40.0 Å². The molecule has 1 aromatic carbocycles. The van der Waals surface area contributed by atoms with Gasteiger partial charge in [0.05, 0.1) is 17.6 Å². The zero-order valence-corrected chi connectivity index (χ0v) is 27.3. The van der Waals surface area contributed by atoms with Crippen LogP contribution in [0.5, 0.6) is 5.75 Å². The van der Waals surface area contributed by atoms with Crippen LogP contribution in [0.2, 0.25) is 0 Å². The summed E-state index contributed by atoms with van der Waals surface area (Å²) in [5, 5.41) is 15.0. The van der Waals surface area contributed by atoms with Gasteiger partial charge in [-0.25, -0.2) is 0 Å². The molecule has 2 heterocycles. The van der Waals surface area contributed by atoms with Crippen molar-refractivity contribution in [2.45, 2.75) is 117 Å². The van der Waals surface area contributed by atoms with Crippen LogP contribution in [0.25, 0.3) is 11.3 Å². The smallest absolute Gasteiger partial charge is 0.253 e. The van der Waals surface area contributed by atoms with Crippen LogP contribution in [0, 0.1) is 18.3 Å². The molecule has 2 aliphatic carbocycles. The third-order valence-electron chi connectivity index (χ3n) is 10.1. The predicted molar refractivity (Wildman–Crippen MR) is 172 cm³/mol. The van der Waals surface area contributed by atoms with Crippen molar-refractivity contribution in [1.82, 2.24) is 15.2 Å². The van der Waals surface area contributed by atoms with Gasteiger partial charge in [0.15, 0.2) is 0 Å². The second-order valence-corrected chi connectivity index (χ2v) is 15.1. The molecular formula is C36H53N3O4. The van der Waals surface area contributed by atoms with Gasteiger partial charge in [0.2, 0.25) is 5.91 Å². The number of aliphatic hydroxyl groups excluding tert-OH is 1. The van der Waals surface area contributed by atoms with Crippen LogP contribution < -0.4 is 15.4 Å². The maximum atomic E-state index is 13.7. The van der Waals surface area contributed by atoms with Gasteiger partial charge in [-0.05, 0) is 94.4 Å². The summed E-state index contributed by atoms with van der Waals surface area (Å²) in [5.41, 5.74) is 5.91. The van der Waals surface area contributed by atoms with Crippen molar-refractivity contribution in [2.24, 2.45) is 11.3 Å². The van der Waals surface area contributed by atoms with E-state index < -0.39 is 5.41 Å². The minimum Gasteiger partial charge on any atom is -0.493 e. The Morgan fingerprint density at radius 2 is 1.74 bits per heavy atom. The van der Waals surface area contributed by atoms with Crippen LogP contribution >= 0.6 is 0 Å². The topological polar surface area (TPSA) is 92.6 Å². The van der Waals surface area contributed by atoms with Crippen LogP contribution in [-0.4, -0.2) is 47.8 Å². The Bertz CT molecular complexity index is 1320. The molecule has 0 bridgehead atoms. The lowest BCUT2D eigenvalue weighted by Gasteiger charge is -2.33. The number of fused-ring (bicyclic) bond motifs is 2. The number of carbonyl (C=O) groups is 2. The fourth-order valence-electron chi connectivity index (χ4n) is 7.01. The number of benzene rings is 1. The van der Waals surface area contributed by atoms with Crippen molar-refractivity contribution in [2.75, 3.05) is 26.3 Å². The molecule has 1 aromatic heterocycles. The molecule has 2 saturated carbocycles. The molecule has 0 atom stereocenters. The highest BCUT2D eigenvalue weighted by Crippen LogP contribution is 2.58. The van der Waals surface area contributed by atoms with Crippen molar-refractivity contribution in [3.63, 3.8) is 0 Å². The number of aromatic nitrogens is 1. The molecule has 1 spiro atoms. The third kappa shape index (κ3) is 6.67. The summed E-state index contributed by atoms with van der Waals surface area (Å²) in [6.45, 7) is 14.9. The second-order valence-electron chi connectivity index (χ2n) is 15.1. The molecule has 3 N–H and O–H groups in total. The lowest BCUT2D eigenvalue weighted by atomic mass is 9.79. The van der Waals surface area contributed by atoms with Crippen molar-refractivity contribution in [1.29, 1.82) is 0 Å². The van der Waals surface area contributed by atoms with Crippen molar-refractivity contribution in [3.8, 4) is 17.0 Å². The van der Waals surface area contributed by atoms with Gasteiger partial charge in [0, 0.05) is 54.2 Å². The Labute approximate surface area is 258 Å². The van der Waals surface area contributed by atoms with Crippen LogP contribution in [-0.2, 0) is 22.2 Å². The minimum absolute atomic E-state index is 0.0341. The molecule has 3 aliphatic rings. The first-order valence-electron chi connectivity index (χ1n) is 16.6. The fourth-order valence-corrected chi connectivity index (χ4v) is 7.01. The highest BCUT2D eigenvalue weighted by Gasteiger charge is 2.49. The van der Waals surface area contributed by atoms with E-state index in [1.54, 1.807) is 0 Å². The van der Waals surface area contributed by atoms with E-state index in [0.29, 0.717) is 24.4 Å². The Kier molecular flexibility index (Phi) is 9.04. The Balaban J connectivity index is 1.50. The molecule has 1 aliphatic heterocycles. The third-order valence-corrected chi connectivity index (χ3v) is 10.1. The van der Waals surface area contributed by atoms with E-state index in [4.69, 9.17) is 9.84 Å². The number of carbonyl (C=O) groups excluding carboxylic acids is 2. The molecule has 43 heavy (non-hydrogen) atoms. The largest absolute Gasteiger partial charge is 0.493 e. The first-order chi connectivity index (χ1) is 20.4. The number of aliphatic hydroxyl groups is 1. The monoisotopic (exact) mass is 591 g/mol. The lowest BCUT2D eigenvalue weighted by Crippen LogP contribution is -2.45. The van der Waals surface area contributed by atoms with Crippen molar-refractivity contribution < 1.29 is 19.4 Å². The summed E-state index contributed by atoms with van der Waals surface area (Å²) in [6, 6.07) is 6.76. The number of hydrogen-bond donors (Lipinski definition) is 3. The summed E-state index contributed by atoms with van der Waals surface area (Å²) in [7, 11) is 0. The maximum Gasteiger partial charge on any atom is 0.253 e. The SMILES string of the molecule is Cc1c(C(=O)NCC(C)(C)C(=O)NCCCO)cc(-c2cc(C(C)(C)C)c3c(c2)C2(CCO3)CC2)n1CC1CCCCC1. The van der Waals surface area contributed by atoms with Gasteiger partial charge >= 0.3 is 0 Å². The molecular weight excluding hydrogens is 538 g/mol. The molecule has 2 amide bonds. The van der Waals surface area contributed by atoms with E-state index in [1.807, 2.05) is 13.8 Å².